The molecule has 19 heavy (non-hydrogen) atoms. The molecule has 1 aromatic rings. The standard InChI is InChI=1S/C11H15NO6S/c1-11(2,16)6-12-19(17,18)7-3-4-9(13)8(5-7)10(14)15/h3-5,12-13,16H,6H2,1-2H3,(H,14,15). The van der Waals surface area contributed by atoms with Gasteiger partial charge < -0.3 is 15.3 Å². The fourth-order valence-corrected chi connectivity index (χ4v) is 2.44. The zero-order chi connectivity index (χ0) is 14.8. The SMILES string of the molecule is CC(C)(O)CNS(=O)(=O)c1ccc(O)c(C(=O)O)c1. The number of aromatic hydroxyl groups is 1. The molecule has 0 aliphatic rings. The summed E-state index contributed by atoms with van der Waals surface area (Å²) in [5, 5.41) is 27.5. The number of hydrogen-bond acceptors (Lipinski definition) is 5. The first kappa shape index (κ1) is 15.4. The lowest BCUT2D eigenvalue weighted by molar-refractivity contribution is 0.0693. The molecule has 0 saturated carbocycles. The fraction of sp³-hybridized carbons (Fsp3) is 0.364. The third kappa shape index (κ3) is 4.19. The fourth-order valence-electron chi connectivity index (χ4n) is 1.21. The molecule has 0 atom stereocenters. The van der Waals surface area contributed by atoms with Crippen molar-refractivity contribution >= 4 is 16.0 Å². The van der Waals surface area contributed by atoms with Crippen molar-refractivity contribution in [2.45, 2.75) is 24.3 Å². The number of carbonyl (C=O) groups is 1. The summed E-state index contributed by atoms with van der Waals surface area (Å²) in [6.07, 6.45) is 0. The van der Waals surface area contributed by atoms with Crippen LogP contribution in [0.5, 0.6) is 5.75 Å². The first-order valence-electron chi connectivity index (χ1n) is 5.31. The molecular formula is C11H15NO6S. The highest BCUT2D eigenvalue weighted by Gasteiger charge is 2.21. The van der Waals surface area contributed by atoms with Crippen LogP contribution in [0.15, 0.2) is 23.1 Å². The second kappa shape index (κ2) is 5.16. The van der Waals surface area contributed by atoms with E-state index in [-0.39, 0.29) is 11.4 Å². The van der Waals surface area contributed by atoms with Crippen LogP contribution in [0.2, 0.25) is 0 Å². The lowest BCUT2D eigenvalue weighted by atomic mass is 10.1. The van der Waals surface area contributed by atoms with Crippen LogP contribution < -0.4 is 4.72 Å². The van der Waals surface area contributed by atoms with E-state index in [1.165, 1.54) is 13.8 Å². The Hall–Kier alpha value is -1.64. The van der Waals surface area contributed by atoms with Crippen molar-refractivity contribution in [2.75, 3.05) is 6.54 Å². The molecule has 0 unspecified atom stereocenters. The maximum absolute atomic E-state index is 11.9. The van der Waals surface area contributed by atoms with Gasteiger partial charge in [-0.2, -0.15) is 0 Å². The molecule has 0 fully saturated rings. The molecule has 0 aromatic heterocycles. The number of rotatable bonds is 5. The van der Waals surface area contributed by atoms with E-state index in [1.807, 2.05) is 0 Å². The second-order valence-electron chi connectivity index (χ2n) is 4.62. The molecule has 1 aromatic carbocycles. The Bertz CT molecular complexity index is 588. The van der Waals surface area contributed by atoms with Gasteiger partial charge in [0, 0.05) is 6.54 Å². The summed E-state index contributed by atoms with van der Waals surface area (Å²) in [6.45, 7) is 2.63. The van der Waals surface area contributed by atoms with Gasteiger partial charge in [-0.25, -0.2) is 17.9 Å². The number of nitrogens with one attached hydrogen (secondary N) is 1. The van der Waals surface area contributed by atoms with E-state index in [4.69, 9.17) is 5.11 Å². The Morgan fingerprint density at radius 1 is 1.37 bits per heavy atom. The predicted molar refractivity (Wildman–Crippen MR) is 66.6 cm³/mol. The second-order valence-corrected chi connectivity index (χ2v) is 6.39. The molecule has 0 bridgehead atoms. The van der Waals surface area contributed by atoms with Gasteiger partial charge in [0.1, 0.15) is 11.3 Å². The molecule has 0 aliphatic heterocycles. The van der Waals surface area contributed by atoms with E-state index >= 15 is 0 Å². The Morgan fingerprint density at radius 3 is 2.42 bits per heavy atom. The first-order valence-corrected chi connectivity index (χ1v) is 6.79. The maximum atomic E-state index is 11.9. The number of phenols is 1. The van der Waals surface area contributed by atoms with Crippen LogP contribution in [-0.2, 0) is 10.0 Å². The third-order valence-electron chi connectivity index (χ3n) is 2.20. The van der Waals surface area contributed by atoms with Gasteiger partial charge in [-0.3, -0.25) is 0 Å². The smallest absolute Gasteiger partial charge is 0.339 e. The molecule has 7 nitrogen and oxygen atoms in total. The van der Waals surface area contributed by atoms with Crippen molar-refractivity contribution in [3.8, 4) is 5.75 Å². The normalized spacial score (nSPS) is 12.4. The summed E-state index contributed by atoms with van der Waals surface area (Å²) in [5.74, 6) is -1.95. The van der Waals surface area contributed by atoms with Crippen LogP contribution in [0.3, 0.4) is 0 Å². The number of aliphatic hydroxyl groups is 1. The van der Waals surface area contributed by atoms with Gasteiger partial charge in [0.05, 0.1) is 10.5 Å². The number of benzene rings is 1. The maximum Gasteiger partial charge on any atom is 0.339 e. The topological polar surface area (TPSA) is 124 Å². The molecule has 0 amide bonds. The van der Waals surface area contributed by atoms with Crippen LogP contribution in [0, 0.1) is 0 Å². The van der Waals surface area contributed by atoms with E-state index < -0.39 is 32.9 Å². The number of sulfonamides is 1. The number of carboxylic acids is 1. The predicted octanol–water partition coefficient (Wildman–Crippen LogP) is 0.140. The molecule has 0 spiro atoms. The highest BCUT2D eigenvalue weighted by Crippen LogP contribution is 2.21. The van der Waals surface area contributed by atoms with Crippen molar-refractivity contribution in [3.05, 3.63) is 23.8 Å². The van der Waals surface area contributed by atoms with Crippen molar-refractivity contribution in [1.82, 2.24) is 4.72 Å². The average Bonchev–Trinajstić information content (AvgIpc) is 2.25. The van der Waals surface area contributed by atoms with Crippen molar-refractivity contribution < 1.29 is 28.5 Å². The average molecular weight is 289 g/mol. The lowest BCUT2D eigenvalue weighted by Gasteiger charge is -2.17. The van der Waals surface area contributed by atoms with E-state index in [0.29, 0.717) is 0 Å². The molecule has 1 rings (SSSR count). The number of aromatic carboxylic acids is 1. The summed E-state index contributed by atoms with van der Waals surface area (Å²) >= 11 is 0. The van der Waals surface area contributed by atoms with Gasteiger partial charge in [-0.1, -0.05) is 0 Å². The van der Waals surface area contributed by atoms with Crippen molar-refractivity contribution in [2.24, 2.45) is 0 Å². The zero-order valence-corrected chi connectivity index (χ0v) is 11.2. The van der Waals surface area contributed by atoms with E-state index in [9.17, 15) is 23.4 Å². The van der Waals surface area contributed by atoms with Crippen LogP contribution in [0.25, 0.3) is 0 Å². The van der Waals surface area contributed by atoms with Crippen LogP contribution in [-0.4, -0.2) is 41.9 Å². The minimum absolute atomic E-state index is 0.224. The molecule has 8 heteroatoms. The quantitative estimate of drug-likeness (QED) is 0.611. The summed E-state index contributed by atoms with van der Waals surface area (Å²) in [6, 6.07) is 2.92. The molecule has 0 saturated heterocycles. The van der Waals surface area contributed by atoms with Gasteiger partial charge in [0.25, 0.3) is 0 Å². The minimum atomic E-state index is -3.95. The Balaban J connectivity index is 3.09. The Labute approximate surface area is 110 Å². The van der Waals surface area contributed by atoms with Gasteiger partial charge in [-0.15, -0.1) is 0 Å². The molecule has 106 valence electrons. The van der Waals surface area contributed by atoms with E-state index in [2.05, 4.69) is 4.72 Å². The molecule has 0 heterocycles. The van der Waals surface area contributed by atoms with E-state index in [1.54, 1.807) is 0 Å². The summed E-state index contributed by atoms with van der Waals surface area (Å²) in [4.78, 5) is 10.5. The third-order valence-corrected chi connectivity index (χ3v) is 3.60. The molecular weight excluding hydrogens is 274 g/mol. The van der Waals surface area contributed by atoms with Crippen molar-refractivity contribution in [3.63, 3.8) is 0 Å². The van der Waals surface area contributed by atoms with Crippen molar-refractivity contribution in [1.29, 1.82) is 0 Å². The van der Waals surface area contributed by atoms with Crippen LogP contribution >= 0.6 is 0 Å². The van der Waals surface area contributed by atoms with Crippen LogP contribution in [0.4, 0.5) is 0 Å². The monoisotopic (exact) mass is 289 g/mol. The Kier molecular flexibility index (Phi) is 4.18. The zero-order valence-electron chi connectivity index (χ0n) is 10.4. The van der Waals surface area contributed by atoms with Gasteiger partial charge in [0.2, 0.25) is 10.0 Å². The molecule has 0 radical (unpaired) electrons. The summed E-state index contributed by atoms with van der Waals surface area (Å²) < 4.78 is 25.9. The lowest BCUT2D eigenvalue weighted by Crippen LogP contribution is -2.38. The highest BCUT2D eigenvalue weighted by atomic mass is 32.2. The highest BCUT2D eigenvalue weighted by molar-refractivity contribution is 7.89. The summed E-state index contributed by atoms with van der Waals surface area (Å²) in [7, 11) is -3.95. The molecule has 4 N–H and O–H groups in total. The minimum Gasteiger partial charge on any atom is -0.507 e. The number of hydrogen-bond donors (Lipinski definition) is 4. The largest absolute Gasteiger partial charge is 0.507 e. The molecule has 0 aliphatic carbocycles. The first-order chi connectivity index (χ1) is 8.53. The summed E-state index contributed by atoms with van der Waals surface area (Å²) in [5.41, 5.74) is -1.74. The van der Waals surface area contributed by atoms with E-state index in [0.717, 1.165) is 18.2 Å². The number of carboxylic acid groups (broad SMARTS) is 1. The van der Waals surface area contributed by atoms with Gasteiger partial charge in [0.15, 0.2) is 0 Å². The Morgan fingerprint density at radius 2 is 1.95 bits per heavy atom. The van der Waals surface area contributed by atoms with Crippen LogP contribution in [0.1, 0.15) is 24.2 Å². The van der Waals surface area contributed by atoms with Gasteiger partial charge in [-0.05, 0) is 32.0 Å². The van der Waals surface area contributed by atoms with Gasteiger partial charge >= 0.3 is 5.97 Å².